The highest BCUT2D eigenvalue weighted by atomic mass is 32.2. The summed E-state index contributed by atoms with van der Waals surface area (Å²) in [6, 6.07) is 5.66. The fraction of sp³-hybridized carbons (Fsp3) is 0.476. The van der Waals surface area contributed by atoms with Crippen molar-refractivity contribution in [2.45, 2.75) is 50.0 Å². The van der Waals surface area contributed by atoms with Crippen LogP contribution in [0, 0.1) is 0 Å². The lowest BCUT2D eigenvalue weighted by molar-refractivity contribution is -0.190. The summed E-state index contributed by atoms with van der Waals surface area (Å²) < 4.78 is 68.6. The Bertz CT molecular complexity index is 1390. The minimum Gasteiger partial charge on any atom is -0.451 e. The number of aromatic nitrogens is 5. The van der Waals surface area contributed by atoms with E-state index in [1.165, 1.54) is 17.8 Å². The van der Waals surface area contributed by atoms with E-state index in [-0.39, 0.29) is 40.4 Å². The molecule has 1 aliphatic heterocycles. The van der Waals surface area contributed by atoms with Crippen LogP contribution >= 0.6 is 0 Å². The van der Waals surface area contributed by atoms with Crippen LogP contribution < -0.4 is 15.0 Å². The molecule has 1 aromatic carbocycles. The van der Waals surface area contributed by atoms with E-state index in [0.717, 1.165) is 13.2 Å². The van der Waals surface area contributed by atoms with Gasteiger partial charge in [-0.05, 0) is 25.0 Å². The maximum atomic E-state index is 13.1. The molecular formula is C21H24F3N7O4S. The molecule has 1 unspecified atom stereocenters. The maximum Gasteiger partial charge on any atom is 0.425 e. The number of hydrogen-bond acceptors (Lipinski definition) is 9. The molecule has 4 rings (SSSR count). The maximum absolute atomic E-state index is 13.1. The van der Waals surface area contributed by atoms with E-state index in [1.54, 1.807) is 23.1 Å². The highest BCUT2D eigenvalue weighted by molar-refractivity contribution is 7.90. The van der Waals surface area contributed by atoms with Gasteiger partial charge in [-0.3, -0.25) is 4.79 Å². The van der Waals surface area contributed by atoms with E-state index in [9.17, 15) is 26.4 Å². The number of halogens is 3. The molecule has 194 valence electrons. The van der Waals surface area contributed by atoms with E-state index in [1.807, 2.05) is 0 Å². The Hall–Kier alpha value is -3.49. The van der Waals surface area contributed by atoms with Crippen molar-refractivity contribution < 1.29 is 31.1 Å². The third kappa shape index (κ3) is 5.66. The molecule has 1 aliphatic rings. The van der Waals surface area contributed by atoms with Crippen LogP contribution in [0.2, 0.25) is 0 Å². The molecule has 1 amide bonds. The van der Waals surface area contributed by atoms with Crippen molar-refractivity contribution in [2.75, 3.05) is 24.2 Å². The van der Waals surface area contributed by atoms with Gasteiger partial charge in [0.05, 0.1) is 11.4 Å². The van der Waals surface area contributed by atoms with Crippen LogP contribution in [0.3, 0.4) is 0 Å². The number of nitrogens with one attached hydrogen (secondary N) is 1. The number of nitrogens with zero attached hydrogens (tertiary/aromatic N) is 6. The minimum absolute atomic E-state index is 0.0100. The number of benzene rings is 1. The number of amides is 1. The standard InChI is InChI=1S/C21H24F3N7O4S/c1-12(21(22,23)24)35-20-26-18-17(19(27-20)30-9-8-15(11-30)25-13(2)32)28-31(29-18)10-14-6-4-5-7-16(14)36(3,33)34/h4-7,12,15H,8-11H2,1-3H3,(H,25,32)/t12-,15?/m0/s1. The van der Waals surface area contributed by atoms with Gasteiger partial charge in [-0.25, -0.2) is 8.42 Å². The van der Waals surface area contributed by atoms with Gasteiger partial charge in [0.25, 0.3) is 0 Å². The normalized spacial score (nSPS) is 17.4. The third-order valence-corrected chi connectivity index (χ3v) is 6.77. The van der Waals surface area contributed by atoms with E-state index < -0.39 is 28.1 Å². The second kappa shape index (κ2) is 9.52. The number of fused-ring (bicyclic) bond motifs is 1. The van der Waals surface area contributed by atoms with Crippen molar-refractivity contribution in [2.24, 2.45) is 0 Å². The summed E-state index contributed by atoms with van der Waals surface area (Å²) in [5.41, 5.74) is 0.635. The lowest BCUT2D eigenvalue weighted by atomic mass is 10.2. The minimum atomic E-state index is -4.63. The molecule has 3 heterocycles. The predicted octanol–water partition coefficient (Wildman–Crippen LogP) is 1.72. The summed E-state index contributed by atoms with van der Waals surface area (Å²) in [5, 5.41) is 11.5. The van der Waals surface area contributed by atoms with Crippen LogP contribution in [0.4, 0.5) is 19.0 Å². The van der Waals surface area contributed by atoms with Crippen LogP contribution in [0.15, 0.2) is 29.2 Å². The summed E-state index contributed by atoms with van der Waals surface area (Å²) in [6.07, 6.45) is -5.11. The fourth-order valence-electron chi connectivity index (χ4n) is 3.89. The Morgan fingerprint density at radius 3 is 2.64 bits per heavy atom. The first-order chi connectivity index (χ1) is 16.8. The molecule has 1 fully saturated rings. The molecular weight excluding hydrogens is 503 g/mol. The smallest absolute Gasteiger partial charge is 0.425 e. The Labute approximate surface area is 204 Å². The third-order valence-electron chi connectivity index (χ3n) is 5.57. The molecule has 3 aromatic rings. The molecule has 0 bridgehead atoms. The molecule has 0 radical (unpaired) electrons. The average Bonchev–Trinajstić information content (AvgIpc) is 3.38. The second-order valence-corrected chi connectivity index (χ2v) is 10.5. The molecule has 1 saturated heterocycles. The molecule has 2 aromatic heterocycles. The summed E-state index contributed by atoms with van der Waals surface area (Å²) in [7, 11) is -3.52. The molecule has 15 heteroatoms. The first kappa shape index (κ1) is 25.6. The number of ether oxygens (including phenoxy) is 1. The summed E-state index contributed by atoms with van der Waals surface area (Å²) in [6.45, 7) is 3.02. The molecule has 36 heavy (non-hydrogen) atoms. The number of rotatable bonds is 7. The van der Waals surface area contributed by atoms with Crippen LogP contribution in [0.25, 0.3) is 11.2 Å². The Morgan fingerprint density at radius 2 is 1.97 bits per heavy atom. The van der Waals surface area contributed by atoms with E-state index >= 15 is 0 Å². The summed E-state index contributed by atoms with van der Waals surface area (Å²) in [4.78, 5) is 22.8. The zero-order valence-electron chi connectivity index (χ0n) is 19.7. The van der Waals surface area contributed by atoms with Gasteiger partial charge in [0.2, 0.25) is 11.6 Å². The first-order valence-electron chi connectivity index (χ1n) is 11.0. The number of carbonyl (C=O) groups excluding carboxylic acids is 1. The van der Waals surface area contributed by atoms with Gasteiger partial charge in [-0.15, -0.1) is 10.2 Å². The van der Waals surface area contributed by atoms with Crippen molar-refractivity contribution in [3.63, 3.8) is 0 Å². The molecule has 1 N–H and O–H groups in total. The Morgan fingerprint density at radius 1 is 1.25 bits per heavy atom. The quantitative estimate of drug-likeness (QED) is 0.488. The Balaban J connectivity index is 1.74. The van der Waals surface area contributed by atoms with Crippen LogP contribution in [0.5, 0.6) is 6.01 Å². The highest BCUT2D eigenvalue weighted by Crippen LogP contribution is 2.29. The SMILES string of the molecule is CC(=O)NC1CCN(c2nc(O[C@@H](C)C(F)(F)F)nc3nn(Cc4ccccc4S(C)(=O)=O)nc23)C1. The Kier molecular flexibility index (Phi) is 6.77. The van der Waals surface area contributed by atoms with Gasteiger partial charge in [-0.1, -0.05) is 18.2 Å². The summed E-state index contributed by atoms with van der Waals surface area (Å²) >= 11 is 0. The van der Waals surface area contributed by atoms with Gasteiger partial charge in [0.15, 0.2) is 27.3 Å². The molecule has 0 spiro atoms. The van der Waals surface area contributed by atoms with Crippen LogP contribution in [-0.2, 0) is 21.2 Å². The number of sulfone groups is 1. The topological polar surface area (TPSA) is 132 Å². The fourth-order valence-corrected chi connectivity index (χ4v) is 4.83. The van der Waals surface area contributed by atoms with Crippen molar-refractivity contribution in [1.82, 2.24) is 30.3 Å². The van der Waals surface area contributed by atoms with Gasteiger partial charge in [0, 0.05) is 32.3 Å². The van der Waals surface area contributed by atoms with Gasteiger partial charge >= 0.3 is 12.2 Å². The second-order valence-electron chi connectivity index (χ2n) is 8.55. The van der Waals surface area contributed by atoms with E-state index in [4.69, 9.17) is 4.74 Å². The zero-order chi connectivity index (χ0) is 26.3. The molecule has 2 atom stereocenters. The van der Waals surface area contributed by atoms with Crippen molar-refractivity contribution in [3.8, 4) is 6.01 Å². The lowest BCUT2D eigenvalue weighted by Crippen LogP contribution is -2.36. The highest BCUT2D eigenvalue weighted by Gasteiger charge is 2.39. The van der Waals surface area contributed by atoms with E-state index in [0.29, 0.717) is 25.1 Å². The first-order valence-corrected chi connectivity index (χ1v) is 12.9. The zero-order valence-corrected chi connectivity index (χ0v) is 20.5. The van der Waals surface area contributed by atoms with Crippen molar-refractivity contribution in [1.29, 1.82) is 0 Å². The van der Waals surface area contributed by atoms with E-state index in [2.05, 4.69) is 25.5 Å². The van der Waals surface area contributed by atoms with Gasteiger partial charge in [0.1, 0.15) is 0 Å². The summed E-state index contributed by atoms with van der Waals surface area (Å²) in [5.74, 6) is 0.00747. The average molecular weight is 528 g/mol. The predicted molar refractivity (Wildman–Crippen MR) is 122 cm³/mol. The van der Waals surface area contributed by atoms with Crippen molar-refractivity contribution >= 4 is 32.7 Å². The number of anilines is 1. The van der Waals surface area contributed by atoms with Crippen molar-refractivity contribution in [3.05, 3.63) is 29.8 Å². The largest absolute Gasteiger partial charge is 0.451 e. The van der Waals surface area contributed by atoms with Gasteiger partial charge < -0.3 is 15.0 Å². The molecule has 0 aliphatic carbocycles. The van der Waals surface area contributed by atoms with Crippen LogP contribution in [-0.4, -0.2) is 77.0 Å². The van der Waals surface area contributed by atoms with Crippen LogP contribution in [0.1, 0.15) is 25.8 Å². The number of hydrogen-bond donors (Lipinski definition) is 1. The monoisotopic (exact) mass is 527 g/mol. The lowest BCUT2D eigenvalue weighted by Gasteiger charge is -2.20. The number of alkyl halides is 3. The van der Waals surface area contributed by atoms with Gasteiger partial charge in [-0.2, -0.15) is 27.9 Å². The molecule has 11 nitrogen and oxygen atoms in total. The molecule has 0 saturated carbocycles. The number of carbonyl (C=O) groups is 1.